The largest absolute Gasteiger partial charge is 0.362 e. The minimum absolute atomic E-state index is 0.114. The van der Waals surface area contributed by atoms with Crippen molar-refractivity contribution in [1.82, 2.24) is 20.2 Å². The number of pyridine rings is 1. The van der Waals surface area contributed by atoms with Crippen molar-refractivity contribution in [3.63, 3.8) is 0 Å². The third-order valence-corrected chi connectivity index (χ3v) is 6.95. The number of hydrogen-bond acceptors (Lipinski definition) is 3. The van der Waals surface area contributed by atoms with Gasteiger partial charge in [-0.25, -0.2) is 0 Å². The number of hydrogen-bond donors (Lipinski definition) is 3. The SMILES string of the molecule is Cc1[nH]c(C)c([C@H]2[C@@H](c3ccccn3)NC(=S)N2CC(=O)Nc2ccccc2)c1I. The van der Waals surface area contributed by atoms with Crippen LogP contribution in [-0.4, -0.2) is 32.4 Å². The van der Waals surface area contributed by atoms with Crippen LogP contribution in [0.3, 0.4) is 0 Å². The molecule has 1 saturated heterocycles. The molecule has 3 aromatic rings. The zero-order chi connectivity index (χ0) is 21.3. The first-order valence-corrected chi connectivity index (χ1v) is 11.1. The number of rotatable bonds is 5. The first-order chi connectivity index (χ1) is 14.5. The van der Waals surface area contributed by atoms with Crippen LogP contribution in [0.25, 0.3) is 0 Å². The number of para-hydroxylation sites is 1. The molecule has 0 aliphatic carbocycles. The molecule has 1 aliphatic heterocycles. The zero-order valence-corrected chi connectivity index (χ0v) is 19.6. The second-order valence-corrected chi connectivity index (χ2v) is 8.74. The Kier molecular flexibility index (Phi) is 6.05. The highest BCUT2D eigenvalue weighted by Gasteiger charge is 2.42. The fraction of sp³-hybridized carbons (Fsp3) is 0.227. The molecule has 1 amide bonds. The first kappa shape index (κ1) is 20.8. The van der Waals surface area contributed by atoms with Crippen LogP contribution in [0.4, 0.5) is 5.69 Å². The summed E-state index contributed by atoms with van der Waals surface area (Å²) in [6.07, 6.45) is 1.78. The van der Waals surface area contributed by atoms with Gasteiger partial charge < -0.3 is 20.5 Å². The maximum Gasteiger partial charge on any atom is 0.244 e. The van der Waals surface area contributed by atoms with E-state index < -0.39 is 0 Å². The van der Waals surface area contributed by atoms with Crippen molar-refractivity contribution in [2.24, 2.45) is 0 Å². The van der Waals surface area contributed by atoms with Gasteiger partial charge in [0.25, 0.3) is 0 Å². The van der Waals surface area contributed by atoms with Gasteiger partial charge in [-0.3, -0.25) is 9.78 Å². The van der Waals surface area contributed by atoms with Crippen molar-refractivity contribution in [3.8, 4) is 0 Å². The standard InChI is InChI=1S/C22H22IN5OS/c1-13-18(19(23)14(2)25-13)21-20(16-10-6-7-11-24-16)27-22(30)28(21)12-17(29)26-15-8-4-3-5-9-15/h3-11,20-21,25H,12H2,1-2H3,(H,26,29)(H,27,30)/t20-,21+/m1/s1. The van der Waals surface area contributed by atoms with Crippen molar-refractivity contribution in [2.45, 2.75) is 25.9 Å². The van der Waals surface area contributed by atoms with Crippen molar-refractivity contribution >= 4 is 51.5 Å². The van der Waals surface area contributed by atoms with Crippen molar-refractivity contribution < 1.29 is 4.79 Å². The van der Waals surface area contributed by atoms with E-state index in [4.69, 9.17) is 12.2 Å². The predicted molar refractivity (Wildman–Crippen MR) is 130 cm³/mol. The number of carbonyl (C=O) groups is 1. The highest BCUT2D eigenvalue weighted by Crippen LogP contribution is 2.42. The monoisotopic (exact) mass is 531 g/mol. The number of amides is 1. The second-order valence-electron chi connectivity index (χ2n) is 7.27. The summed E-state index contributed by atoms with van der Waals surface area (Å²) in [6, 6.07) is 15.0. The summed E-state index contributed by atoms with van der Waals surface area (Å²) in [5.41, 5.74) is 4.98. The molecule has 2 atom stereocenters. The normalized spacial score (nSPS) is 18.4. The minimum Gasteiger partial charge on any atom is -0.362 e. The molecule has 0 radical (unpaired) electrons. The molecule has 0 bridgehead atoms. The molecule has 3 heterocycles. The number of H-pyrrole nitrogens is 1. The Morgan fingerprint density at radius 2 is 1.90 bits per heavy atom. The van der Waals surface area contributed by atoms with Gasteiger partial charge in [0.2, 0.25) is 5.91 Å². The van der Waals surface area contributed by atoms with Gasteiger partial charge in [0, 0.05) is 32.4 Å². The van der Waals surface area contributed by atoms with Crippen molar-refractivity contribution in [1.29, 1.82) is 0 Å². The Balaban J connectivity index is 1.68. The smallest absolute Gasteiger partial charge is 0.244 e. The first-order valence-electron chi connectivity index (χ1n) is 9.63. The molecule has 30 heavy (non-hydrogen) atoms. The van der Waals surface area contributed by atoms with E-state index in [1.165, 1.54) is 0 Å². The Hall–Kier alpha value is -2.46. The van der Waals surface area contributed by atoms with E-state index in [0.29, 0.717) is 5.11 Å². The minimum atomic E-state index is -0.148. The molecule has 1 fully saturated rings. The van der Waals surface area contributed by atoms with Gasteiger partial charge in [0.15, 0.2) is 5.11 Å². The number of halogens is 1. The molecular formula is C22H22IN5OS. The highest BCUT2D eigenvalue weighted by molar-refractivity contribution is 14.1. The van der Waals surface area contributed by atoms with E-state index in [-0.39, 0.29) is 24.5 Å². The number of carbonyl (C=O) groups excluding carboxylic acids is 1. The summed E-state index contributed by atoms with van der Waals surface area (Å²) >= 11 is 8.03. The van der Waals surface area contributed by atoms with Crippen molar-refractivity contribution in [3.05, 3.63) is 80.9 Å². The molecule has 2 aromatic heterocycles. The van der Waals surface area contributed by atoms with Crippen LogP contribution in [0.15, 0.2) is 54.7 Å². The number of nitrogens with one attached hydrogen (secondary N) is 3. The van der Waals surface area contributed by atoms with Gasteiger partial charge >= 0.3 is 0 Å². The average molecular weight is 531 g/mol. The molecular weight excluding hydrogens is 509 g/mol. The lowest BCUT2D eigenvalue weighted by Crippen LogP contribution is -2.37. The van der Waals surface area contributed by atoms with Gasteiger partial charge in [-0.1, -0.05) is 24.3 Å². The molecule has 0 unspecified atom stereocenters. The zero-order valence-electron chi connectivity index (χ0n) is 16.6. The van der Waals surface area contributed by atoms with Crippen LogP contribution >= 0.6 is 34.8 Å². The van der Waals surface area contributed by atoms with Gasteiger partial charge in [-0.2, -0.15) is 0 Å². The van der Waals surface area contributed by atoms with Gasteiger partial charge in [0.1, 0.15) is 6.54 Å². The summed E-state index contributed by atoms with van der Waals surface area (Å²) in [4.78, 5) is 22.8. The van der Waals surface area contributed by atoms with Gasteiger partial charge in [0.05, 0.1) is 17.8 Å². The molecule has 1 aliphatic rings. The average Bonchev–Trinajstić information content (AvgIpc) is 3.18. The quantitative estimate of drug-likeness (QED) is 0.340. The number of anilines is 1. The second kappa shape index (κ2) is 8.73. The third kappa shape index (κ3) is 4.06. The fourth-order valence-corrected chi connectivity index (χ4v) is 5.05. The van der Waals surface area contributed by atoms with Gasteiger partial charge in [-0.15, -0.1) is 0 Å². The number of aromatic nitrogens is 2. The van der Waals surface area contributed by atoms with E-state index in [1.54, 1.807) is 6.20 Å². The third-order valence-electron chi connectivity index (χ3n) is 5.21. The number of nitrogens with zero attached hydrogens (tertiary/aromatic N) is 2. The lowest BCUT2D eigenvalue weighted by molar-refractivity contribution is -0.116. The highest BCUT2D eigenvalue weighted by atomic mass is 127. The molecule has 1 aromatic carbocycles. The predicted octanol–water partition coefficient (Wildman–Crippen LogP) is 4.24. The lowest BCUT2D eigenvalue weighted by atomic mass is 9.97. The van der Waals surface area contributed by atoms with Gasteiger partial charge in [-0.05, 0) is 72.9 Å². The van der Waals surface area contributed by atoms with E-state index in [1.807, 2.05) is 53.4 Å². The Bertz CT molecular complexity index is 1070. The lowest BCUT2D eigenvalue weighted by Gasteiger charge is -2.28. The maximum atomic E-state index is 12.8. The molecule has 0 saturated carbocycles. The maximum absolute atomic E-state index is 12.8. The van der Waals surface area contributed by atoms with Crippen LogP contribution in [0, 0.1) is 17.4 Å². The van der Waals surface area contributed by atoms with E-state index in [2.05, 4.69) is 57.0 Å². The molecule has 3 N–H and O–H groups in total. The topological polar surface area (TPSA) is 73.0 Å². The number of benzene rings is 1. The van der Waals surface area contributed by atoms with Crippen molar-refractivity contribution in [2.75, 3.05) is 11.9 Å². The summed E-state index contributed by atoms with van der Waals surface area (Å²) in [5, 5.41) is 6.91. The summed E-state index contributed by atoms with van der Waals surface area (Å²) in [6.45, 7) is 4.26. The van der Waals surface area contributed by atoms with Crippen LogP contribution in [0.2, 0.25) is 0 Å². The Morgan fingerprint density at radius 3 is 2.53 bits per heavy atom. The molecule has 0 spiro atoms. The number of aromatic amines is 1. The molecule has 6 nitrogen and oxygen atoms in total. The van der Waals surface area contributed by atoms with E-state index in [0.717, 1.165) is 31.9 Å². The molecule has 154 valence electrons. The molecule has 4 rings (SSSR count). The summed E-state index contributed by atoms with van der Waals surface area (Å²) in [5.74, 6) is -0.114. The van der Waals surface area contributed by atoms with E-state index in [9.17, 15) is 4.79 Å². The fourth-order valence-electron chi connectivity index (χ4n) is 3.89. The number of aryl methyl sites for hydroxylation is 2. The van der Waals surface area contributed by atoms with Crippen LogP contribution in [0.1, 0.15) is 34.7 Å². The summed E-state index contributed by atoms with van der Waals surface area (Å²) < 4.78 is 1.15. The van der Waals surface area contributed by atoms with E-state index >= 15 is 0 Å². The Morgan fingerprint density at radius 1 is 1.17 bits per heavy atom. The molecule has 8 heteroatoms. The van der Waals surface area contributed by atoms with Crippen LogP contribution < -0.4 is 10.6 Å². The summed E-state index contributed by atoms with van der Waals surface area (Å²) in [7, 11) is 0. The van der Waals surface area contributed by atoms with Crippen LogP contribution in [0.5, 0.6) is 0 Å². The number of thiocarbonyl (C=S) groups is 1. The Labute approximate surface area is 194 Å². The van der Waals surface area contributed by atoms with Crippen LogP contribution in [-0.2, 0) is 4.79 Å².